The Balaban J connectivity index is 1.57. The van der Waals surface area contributed by atoms with Gasteiger partial charge in [-0.25, -0.2) is 0 Å². The lowest BCUT2D eigenvalue weighted by Gasteiger charge is -2.46. The maximum Gasteiger partial charge on any atom is 0.243 e. The van der Waals surface area contributed by atoms with Crippen molar-refractivity contribution in [3.8, 4) is 0 Å². The Labute approximate surface area is 203 Å². The second-order valence-electron chi connectivity index (χ2n) is 9.74. The lowest BCUT2D eigenvalue weighted by molar-refractivity contribution is -0.151. The minimum Gasteiger partial charge on any atom is -0.381 e. The SMILES string of the molecule is CNC(=O)C1CN(CCc2ccccc2)CCN1C(=O)C1(c2cc(C)cc(C)c2)CCOCC1. The number of carbonyl (C=O) groups excluding carboxylic acids is 2. The summed E-state index contributed by atoms with van der Waals surface area (Å²) < 4.78 is 5.67. The summed E-state index contributed by atoms with van der Waals surface area (Å²) in [6.07, 6.45) is 2.21. The van der Waals surface area contributed by atoms with Crippen molar-refractivity contribution < 1.29 is 14.3 Å². The van der Waals surface area contributed by atoms with Crippen LogP contribution in [0.3, 0.4) is 0 Å². The van der Waals surface area contributed by atoms with Gasteiger partial charge in [-0.15, -0.1) is 0 Å². The van der Waals surface area contributed by atoms with Crippen molar-refractivity contribution in [1.29, 1.82) is 0 Å². The zero-order valence-electron chi connectivity index (χ0n) is 20.7. The van der Waals surface area contributed by atoms with Gasteiger partial charge in [-0.05, 0) is 44.2 Å². The van der Waals surface area contributed by atoms with Crippen LogP contribution in [-0.2, 0) is 26.2 Å². The molecule has 0 aliphatic carbocycles. The summed E-state index contributed by atoms with van der Waals surface area (Å²) >= 11 is 0. The number of nitrogens with one attached hydrogen (secondary N) is 1. The zero-order chi connectivity index (χ0) is 24.1. The maximum atomic E-state index is 14.3. The van der Waals surface area contributed by atoms with E-state index in [1.807, 2.05) is 11.0 Å². The Morgan fingerprint density at radius 3 is 2.35 bits per heavy atom. The maximum absolute atomic E-state index is 14.3. The monoisotopic (exact) mass is 463 g/mol. The smallest absolute Gasteiger partial charge is 0.243 e. The number of aryl methyl sites for hydroxylation is 2. The van der Waals surface area contributed by atoms with Crippen LogP contribution in [0.4, 0.5) is 0 Å². The summed E-state index contributed by atoms with van der Waals surface area (Å²) in [4.78, 5) is 31.4. The van der Waals surface area contributed by atoms with Crippen LogP contribution in [0.5, 0.6) is 0 Å². The van der Waals surface area contributed by atoms with Crippen molar-refractivity contribution in [3.05, 3.63) is 70.8 Å². The molecule has 1 unspecified atom stereocenters. The van der Waals surface area contributed by atoms with Crippen LogP contribution in [-0.4, -0.2) is 74.1 Å². The van der Waals surface area contributed by atoms with E-state index in [2.05, 4.69) is 66.5 Å². The highest BCUT2D eigenvalue weighted by Gasteiger charge is 2.47. The van der Waals surface area contributed by atoms with Crippen molar-refractivity contribution in [3.63, 3.8) is 0 Å². The Morgan fingerprint density at radius 1 is 1.03 bits per heavy atom. The van der Waals surface area contributed by atoms with Gasteiger partial charge in [0.2, 0.25) is 11.8 Å². The van der Waals surface area contributed by atoms with Crippen molar-refractivity contribution in [2.24, 2.45) is 0 Å². The van der Waals surface area contributed by atoms with E-state index >= 15 is 0 Å². The molecular formula is C28H37N3O3. The molecule has 1 atom stereocenters. The van der Waals surface area contributed by atoms with Gasteiger partial charge in [0.05, 0.1) is 5.41 Å². The van der Waals surface area contributed by atoms with Crippen LogP contribution in [0.15, 0.2) is 48.5 Å². The highest BCUT2D eigenvalue weighted by atomic mass is 16.5. The summed E-state index contributed by atoms with van der Waals surface area (Å²) in [5, 5.41) is 2.80. The fourth-order valence-electron chi connectivity index (χ4n) is 5.48. The van der Waals surface area contributed by atoms with E-state index < -0.39 is 11.5 Å². The number of carbonyl (C=O) groups is 2. The first-order valence-electron chi connectivity index (χ1n) is 12.4. The predicted octanol–water partition coefficient (Wildman–Crippen LogP) is 2.85. The molecule has 0 radical (unpaired) electrons. The number of amides is 2. The van der Waals surface area contributed by atoms with Crippen LogP contribution >= 0.6 is 0 Å². The van der Waals surface area contributed by atoms with Crippen molar-refractivity contribution in [2.45, 2.75) is 44.6 Å². The first-order chi connectivity index (χ1) is 16.4. The molecule has 182 valence electrons. The third kappa shape index (κ3) is 5.18. The van der Waals surface area contributed by atoms with Gasteiger partial charge < -0.3 is 15.0 Å². The number of rotatable bonds is 6. The van der Waals surface area contributed by atoms with Crippen LogP contribution in [0.2, 0.25) is 0 Å². The average Bonchev–Trinajstić information content (AvgIpc) is 2.87. The number of ether oxygens (including phenoxy) is 1. The van der Waals surface area contributed by atoms with Gasteiger partial charge in [0.15, 0.2) is 0 Å². The third-order valence-electron chi connectivity index (χ3n) is 7.36. The molecule has 6 nitrogen and oxygen atoms in total. The Bertz CT molecular complexity index is 981. The molecule has 2 fully saturated rings. The molecular weight excluding hydrogens is 426 g/mol. The minimum absolute atomic E-state index is 0.0668. The molecule has 0 saturated carbocycles. The molecule has 2 saturated heterocycles. The zero-order valence-corrected chi connectivity index (χ0v) is 20.7. The van der Waals surface area contributed by atoms with Crippen LogP contribution in [0.25, 0.3) is 0 Å². The van der Waals surface area contributed by atoms with E-state index in [4.69, 9.17) is 4.74 Å². The van der Waals surface area contributed by atoms with Crippen molar-refractivity contribution in [1.82, 2.24) is 15.1 Å². The third-order valence-corrected chi connectivity index (χ3v) is 7.36. The number of nitrogens with zero attached hydrogens (tertiary/aromatic N) is 2. The normalized spacial score (nSPS) is 20.7. The molecule has 2 amide bonds. The fourth-order valence-corrected chi connectivity index (χ4v) is 5.48. The minimum atomic E-state index is -0.645. The first-order valence-corrected chi connectivity index (χ1v) is 12.4. The van der Waals surface area contributed by atoms with Crippen LogP contribution in [0, 0.1) is 13.8 Å². The Hall–Kier alpha value is -2.70. The fraction of sp³-hybridized carbons (Fsp3) is 0.500. The standard InChI is InChI=1S/C28H37N3O3/c1-21-17-22(2)19-24(18-21)28(10-15-34-16-11-28)27(33)31-14-13-30(20-25(31)26(32)29-3)12-9-23-7-5-4-6-8-23/h4-8,17-19,25H,9-16,20H2,1-3H3,(H,29,32). The van der Waals surface area contributed by atoms with E-state index in [1.165, 1.54) is 5.56 Å². The average molecular weight is 464 g/mol. The Kier molecular flexibility index (Phi) is 7.69. The summed E-state index contributed by atoms with van der Waals surface area (Å²) in [5.74, 6) is -0.0301. The molecule has 4 rings (SSSR count). The van der Waals surface area contributed by atoms with Gasteiger partial charge in [-0.1, -0.05) is 59.7 Å². The molecule has 0 aromatic heterocycles. The number of hydrogen-bond donors (Lipinski definition) is 1. The van der Waals surface area contributed by atoms with Gasteiger partial charge in [0.25, 0.3) is 0 Å². The lowest BCUT2D eigenvalue weighted by atomic mass is 9.72. The highest BCUT2D eigenvalue weighted by Crippen LogP contribution is 2.38. The summed E-state index contributed by atoms with van der Waals surface area (Å²) in [7, 11) is 1.65. The summed E-state index contributed by atoms with van der Waals surface area (Å²) in [6, 6.07) is 16.3. The van der Waals surface area contributed by atoms with E-state index in [-0.39, 0.29) is 11.8 Å². The van der Waals surface area contributed by atoms with Gasteiger partial charge in [-0.2, -0.15) is 0 Å². The van der Waals surface area contributed by atoms with E-state index in [0.29, 0.717) is 39.1 Å². The number of likely N-dealkylation sites (N-methyl/N-ethyl adjacent to an activating group) is 1. The molecule has 2 aromatic carbocycles. The number of hydrogen-bond acceptors (Lipinski definition) is 4. The van der Waals surface area contributed by atoms with Crippen LogP contribution in [0.1, 0.15) is 35.1 Å². The predicted molar refractivity (Wildman–Crippen MR) is 134 cm³/mol. The highest BCUT2D eigenvalue weighted by molar-refractivity contribution is 5.93. The number of piperazine rings is 1. The Morgan fingerprint density at radius 2 is 1.71 bits per heavy atom. The topological polar surface area (TPSA) is 61.9 Å². The number of benzene rings is 2. The van der Waals surface area contributed by atoms with Crippen molar-refractivity contribution in [2.75, 3.05) is 46.4 Å². The van der Waals surface area contributed by atoms with Crippen LogP contribution < -0.4 is 5.32 Å². The molecule has 2 aromatic rings. The van der Waals surface area contributed by atoms with Gasteiger partial charge in [0, 0.05) is 46.4 Å². The second kappa shape index (κ2) is 10.7. The van der Waals surface area contributed by atoms with E-state index in [1.54, 1.807) is 7.05 Å². The largest absolute Gasteiger partial charge is 0.381 e. The molecule has 2 aliphatic heterocycles. The van der Waals surface area contributed by atoms with E-state index in [9.17, 15) is 9.59 Å². The van der Waals surface area contributed by atoms with Gasteiger partial charge >= 0.3 is 0 Å². The quantitative estimate of drug-likeness (QED) is 0.716. The first kappa shape index (κ1) is 24.4. The summed E-state index contributed by atoms with van der Waals surface area (Å²) in [6.45, 7) is 8.01. The molecule has 1 N–H and O–H groups in total. The molecule has 2 heterocycles. The molecule has 34 heavy (non-hydrogen) atoms. The van der Waals surface area contributed by atoms with Gasteiger partial charge in [0.1, 0.15) is 6.04 Å². The summed E-state index contributed by atoms with van der Waals surface area (Å²) in [5.41, 5.74) is 4.01. The molecule has 0 bridgehead atoms. The molecule has 2 aliphatic rings. The van der Waals surface area contributed by atoms with E-state index in [0.717, 1.165) is 36.2 Å². The van der Waals surface area contributed by atoms with Crippen molar-refractivity contribution >= 4 is 11.8 Å². The molecule has 0 spiro atoms. The lowest BCUT2D eigenvalue weighted by Crippen LogP contribution is -2.64. The second-order valence-corrected chi connectivity index (χ2v) is 9.74. The van der Waals surface area contributed by atoms with Gasteiger partial charge in [-0.3, -0.25) is 14.5 Å². The molecule has 6 heteroatoms.